The van der Waals surface area contributed by atoms with Crippen LogP contribution in [0.1, 0.15) is 10.4 Å². The Bertz CT molecular complexity index is 337. The van der Waals surface area contributed by atoms with Gasteiger partial charge in [0, 0.05) is 19.4 Å². The van der Waals surface area contributed by atoms with E-state index in [0.29, 0.717) is 5.56 Å². The molecule has 1 rings (SSSR count). The highest BCUT2D eigenvalue weighted by Crippen LogP contribution is 2.00. The summed E-state index contributed by atoms with van der Waals surface area (Å²) in [5.74, 6) is -0.804. The third-order valence-corrected chi connectivity index (χ3v) is 1.65. The molecule has 0 bridgehead atoms. The number of rotatable bonds is 3. The summed E-state index contributed by atoms with van der Waals surface area (Å²) in [6, 6.07) is 3.29. The van der Waals surface area contributed by atoms with Crippen LogP contribution in [0.5, 0.6) is 0 Å². The maximum atomic E-state index is 11.6. The zero-order valence-electron chi connectivity index (χ0n) is 7.80. The van der Waals surface area contributed by atoms with Crippen molar-refractivity contribution in [3.05, 3.63) is 30.1 Å². The predicted octanol–water partition coefficient (Wildman–Crippen LogP) is -0.361. The number of carbonyl (C=O) groups excluding carboxylic acids is 2. The SMILES string of the molecule is CN(CC(N)=O)C(=O)c1cccnc1. The zero-order valence-corrected chi connectivity index (χ0v) is 7.80. The molecule has 74 valence electrons. The summed E-state index contributed by atoms with van der Waals surface area (Å²) >= 11 is 0. The Morgan fingerprint density at radius 1 is 1.57 bits per heavy atom. The highest BCUT2D eigenvalue weighted by atomic mass is 16.2. The molecule has 0 spiro atoms. The van der Waals surface area contributed by atoms with Crippen LogP contribution in [0.3, 0.4) is 0 Å². The predicted molar refractivity (Wildman–Crippen MR) is 50.4 cm³/mol. The average Bonchev–Trinajstić information content (AvgIpc) is 2.17. The number of aromatic nitrogens is 1. The molecule has 0 saturated heterocycles. The molecule has 1 heterocycles. The molecule has 0 saturated carbocycles. The van der Waals surface area contributed by atoms with Crippen molar-refractivity contribution in [2.24, 2.45) is 5.73 Å². The van der Waals surface area contributed by atoms with E-state index in [4.69, 9.17) is 5.73 Å². The van der Waals surface area contributed by atoms with Crippen LogP contribution in [-0.2, 0) is 4.79 Å². The fraction of sp³-hybridized carbons (Fsp3) is 0.222. The number of hydrogen-bond acceptors (Lipinski definition) is 3. The van der Waals surface area contributed by atoms with E-state index in [1.54, 1.807) is 18.3 Å². The van der Waals surface area contributed by atoms with Gasteiger partial charge in [0.05, 0.1) is 12.1 Å². The normalized spacial score (nSPS) is 9.50. The molecule has 0 aliphatic carbocycles. The van der Waals surface area contributed by atoms with Crippen molar-refractivity contribution in [1.29, 1.82) is 0 Å². The minimum absolute atomic E-state index is 0.0896. The third kappa shape index (κ3) is 2.55. The number of amides is 2. The number of likely N-dealkylation sites (N-methyl/N-ethyl adjacent to an activating group) is 1. The highest BCUT2D eigenvalue weighted by molar-refractivity contribution is 5.95. The molecule has 14 heavy (non-hydrogen) atoms. The standard InChI is InChI=1S/C9H11N3O2/c1-12(6-8(10)13)9(14)7-3-2-4-11-5-7/h2-5H,6H2,1H3,(H2,10,13). The summed E-state index contributed by atoms with van der Waals surface area (Å²) < 4.78 is 0. The fourth-order valence-corrected chi connectivity index (χ4v) is 1.02. The first-order valence-electron chi connectivity index (χ1n) is 4.05. The van der Waals surface area contributed by atoms with Gasteiger partial charge in [-0.2, -0.15) is 0 Å². The minimum Gasteiger partial charge on any atom is -0.368 e. The largest absolute Gasteiger partial charge is 0.368 e. The molecule has 0 aliphatic heterocycles. The van der Waals surface area contributed by atoms with Gasteiger partial charge in [-0.05, 0) is 12.1 Å². The summed E-state index contributed by atoms with van der Waals surface area (Å²) in [7, 11) is 1.51. The van der Waals surface area contributed by atoms with Crippen molar-refractivity contribution < 1.29 is 9.59 Å². The molecule has 0 radical (unpaired) electrons. The van der Waals surface area contributed by atoms with Crippen LogP contribution in [0.15, 0.2) is 24.5 Å². The molecular weight excluding hydrogens is 182 g/mol. The van der Waals surface area contributed by atoms with E-state index in [9.17, 15) is 9.59 Å². The van der Waals surface area contributed by atoms with E-state index in [1.807, 2.05) is 0 Å². The van der Waals surface area contributed by atoms with Crippen LogP contribution >= 0.6 is 0 Å². The molecule has 0 atom stereocenters. The third-order valence-electron chi connectivity index (χ3n) is 1.65. The van der Waals surface area contributed by atoms with Gasteiger partial charge >= 0.3 is 0 Å². The number of pyridine rings is 1. The Morgan fingerprint density at radius 3 is 2.79 bits per heavy atom. The Kier molecular flexibility index (Phi) is 3.17. The van der Waals surface area contributed by atoms with Crippen molar-refractivity contribution in [3.8, 4) is 0 Å². The van der Waals surface area contributed by atoms with E-state index in [0.717, 1.165) is 0 Å². The van der Waals surface area contributed by atoms with Crippen LogP contribution in [0.2, 0.25) is 0 Å². The molecule has 0 aromatic carbocycles. The number of nitrogens with zero attached hydrogens (tertiary/aromatic N) is 2. The Balaban J connectivity index is 2.71. The molecule has 0 fully saturated rings. The second-order valence-electron chi connectivity index (χ2n) is 2.87. The lowest BCUT2D eigenvalue weighted by molar-refractivity contribution is -0.118. The van der Waals surface area contributed by atoms with Crippen molar-refractivity contribution in [2.45, 2.75) is 0 Å². The molecule has 5 heteroatoms. The van der Waals surface area contributed by atoms with E-state index >= 15 is 0 Å². The van der Waals surface area contributed by atoms with E-state index in [1.165, 1.54) is 18.1 Å². The number of nitrogens with two attached hydrogens (primary N) is 1. The maximum Gasteiger partial charge on any atom is 0.255 e. The number of primary amides is 1. The van der Waals surface area contributed by atoms with Crippen molar-refractivity contribution in [3.63, 3.8) is 0 Å². The van der Waals surface area contributed by atoms with E-state index < -0.39 is 5.91 Å². The van der Waals surface area contributed by atoms with Crippen LogP contribution in [0, 0.1) is 0 Å². The van der Waals surface area contributed by atoms with Crippen molar-refractivity contribution >= 4 is 11.8 Å². The first-order chi connectivity index (χ1) is 6.61. The van der Waals surface area contributed by atoms with Gasteiger partial charge < -0.3 is 10.6 Å². The van der Waals surface area contributed by atoms with Gasteiger partial charge in [-0.25, -0.2) is 0 Å². The van der Waals surface area contributed by atoms with Gasteiger partial charge in [-0.1, -0.05) is 0 Å². The Hall–Kier alpha value is -1.91. The van der Waals surface area contributed by atoms with Crippen LogP contribution in [0.4, 0.5) is 0 Å². The Morgan fingerprint density at radius 2 is 2.29 bits per heavy atom. The van der Waals surface area contributed by atoms with Crippen molar-refractivity contribution in [2.75, 3.05) is 13.6 Å². The molecule has 5 nitrogen and oxygen atoms in total. The highest BCUT2D eigenvalue weighted by Gasteiger charge is 2.12. The minimum atomic E-state index is -0.537. The van der Waals surface area contributed by atoms with Gasteiger partial charge in [-0.15, -0.1) is 0 Å². The molecule has 2 amide bonds. The smallest absolute Gasteiger partial charge is 0.255 e. The zero-order chi connectivity index (χ0) is 10.6. The molecule has 1 aromatic rings. The molecule has 1 aromatic heterocycles. The maximum absolute atomic E-state index is 11.6. The number of carbonyl (C=O) groups is 2. The van der Waals surface area contributed by atoms with Gasteiger partial charge in [0.25, 0.3) is 5.91 Å². The first kappa shape index (κ1) is 10.2. The fourth-order valence-electron chi connectivity index (χ4n) is 1.02. The second kappa shape index (κ2) is 4.36. The van der Waals surface area contributed by atoms with E-state index in [2.05, 4.69) is 4.98 Å². The summed E-state index contributed by atoms with van der Waals surface area (Å²) in [6.07, 6.45) is 3.02. The van der Waals surface area contributed by atoms with E-state index in [-0.39, 0.29) is 12.5 Å². The average molecular weight is 193 g/mol. The lowest BCUT2D eigenvalue weighted by Crippen LogP contribution is -2.35. The summed E-state index contributed by atoms with van der Waals surface area (Å²) in [4.78, 5) is 27.2. The lowest BCUT2D eigenvalue weighted by Gasteiger charge is -2.14. The quantitative estimate of drug-likeness (QED) is 0.712. The van der Waals surface area contributed by atoms with Crippen LogP contribution in [-0.4, -0.2) is 35.3 Å². The molecule has 0 unspecified atom stereocenters. The van der Waals surface area contributed by atoms with Gasteiger partial charge in [0.15, 0.2) is 0 Å². The van der Waals surface area contributed by atoms with Gasteiger partial charge in [0.2, 0.25) is 5.91 Å². The van der Waals surface area contributed by atoms with Crippen LogP contribution < -0.4 is 5.73 Å². The summed E-state index contributed by atoms with van der Waals surface area (Å²) in [5.41, 5.74) is 5.40. The molecule has 0 aliphatic rings. The summed E-state index contributed by atoms with van der Waals surface area (Å²) in [5, 5.41) is 0. The second-order valence-corrected chi connectivity index (χ2v) is 2.87. The summed E-state index contributed by atoms with van der Waals surface area (Å²) in [6.45, 7) is -0.0896. The van der Waals surface area contributed by atoms with Gasteiger partial charge in [-0.3, -0.25) is 14.6 Å². The van der Waals surface area contributed by atoms with Crippen LogP contribution in [0.25, 0.3) is 0 Å². The Labute approximate surface area is 81.5 Å². The van der Waals surface area contributed by atoms with Crippen molar-refractivity contribution in [1.82, 2.24) is 9.88 Å². The monoisotopic (exact) mass is 193 g/mol. The first-order valence-corrected chi connectivity index (χ1v) is 4.05. The number of hydrogen-bond donors (Lipinski definition) is 1. The molecular formula is C9H11N3O2. The molecule has 2 N–H and O–H groups in total. The lowest BCUT2D eigenvalue weighted by atomic mass is 10.2. The topological polar surface area (TPSA) is 76.3 Å². The van der Waals surface area contributed by atoms with Gasteiger partial charge in [0.1, 0.15) is 0 Å².